The summed E-state index contributed by atoms with van der Waals surface area (Å²) in [6.07, 6.45) is 1.51. The number of likely N-dealkylation sites (tertiary alicyclic amines) is 1. The number of nitrogens with zero attached hydrogens (tertiary/aromatic N) is 2. The predicted molar refractivity (Wildman–Crippen MR) is 77.0 cm³/mol. The molecule has 2 atom stereocenters. The molecule has 0 radical (unpaired) electrons. The smallest absolute Gasteiger partial charge is 0.257 e. The number of aromatic nitrogens is 1. The zero-order valence-corrected chi connectivity index (χ0v) is 12.4. The highest BCUT2D eigenvalue weighted by Gasteiger charge is 2.38. The van der Waals surface area contributed by atoms with Crippen molar-refractivity contribution in [2.24, 2.45) is 11.7 Å². The molecule has 1 aromatic rings. The molecule has 22 heavy (non-hydrogen) atoms. The summed E-state index contributed by atoms with van der Waals surface area (Å²) in [7, 11) is 1.42. The van der Waals surface area contributed by atoms with Crippen LogP contribution < -0.4 is 15.8 Å². The highest BCUT2D eigenvalue weighted by atomic mass is 16.5. The molecule has 1 fully saturated rings. The van der Waals surface area contributed by atoms with E-state index in [4.69, 9.17) is 10.5 Å². The monoisotopic (exact) mass is 306 g/mol. The summed E-state index contributed by atoms with van der Waals surface area (Å²) in [6.45, 7) is 1.86. The van der Waals surface area contributed by atoms with Gasteiger partial charge in [-0.3, -0.25) is 14.4 Å². The van der Waals surface area contributed by atoms with Crippen LogP contribution in [0.1, 0.15) is 17.3 Å². The van der Waals surface area contributed by atoms with Gasteiger partial charge in [-0.1, -0.05) is 0 Å². The van der Waals surface area contributed by atoms with E-state index in [1.165, 1.54) is 25.1 Å². The van der Waals surface area contributed by atoms with Crippen LogP contribution in [0.4, 0.5) is 0 Å². The van der Waals surface area contributed by atoms with Crippen LogP contribution in [0.25, 0.3) is 0 Å². The van der Waals surface area contributed by atoms with Gasteiger partial charge in [-0.2, -0.15) is 0 Å². The summed E-state index contributed by atoms with van der Waals surface area (Å²) >= 11 is 0. The maximum absolute atomic E-state index is 12.3. The Hall–Kier alpha value is -2.64. The maximum Gasteiger partial charge on any atom is 0.257 e. The van der Waals surface area contributed by atoms with Crippen molar-refractivity contribution >= 4 is 17.7 Å². The molecule has 0 spiro atoms. The van der Waals surface area contributed by atoms with Crippen LogP contribution in [-0.4, -0.2) is 53.8 Å². The number of rotatable bonds is 4. The van der Waals surface area contributed by atoms with E-state index in [1.54, 1.807) is 12.1 Å². The number of carbonyl (C=O) groups excluding carboxylic acids is 3. The Balaban J connectivity index is 2.15. The topological polar surface area (TPSA) is 115 Å². The zero-order chi connectivity index (χ0) is 16.3. The van der Waals surface area contributed by atoms with Crippen LogP contribution in [0.3, 0.4) is 0 Å². The zero-order valence-electron chi connectivity index (χ0n) is 12.4. The van der Waals surface area contributed by atoms with Crippen molar-refractivity contribution < 1.29 is 19.1 Å². The standard InChI is InChI=1S/C14H18N4O4/c1-8(19)18-6-10(12(15)20)11(7-18)17-13(21)9-4-3-5-16-14(9)22-2/h3-5,10-11H,6-7H2,1-2H3,(H2,15,20)(H,17,21)/t10-,11+/m1/s1. The molecule has 0 bridgehead atoms. The molecule has 2 heterocycles. The molecule has 0 aliphatic carbocycles. The minimum Gasteiger partial charge on any atom is -0.480 e. The second-order valence-electron chi connectivity index (χ2n) is 5.07. The number of amides is 3. The molecule has 8 heteroatoms. The second-order valence-corrected chi connectivity index (χ2v) is 5.07. The Morgan fingerprint density at radius 2 is 2.14 bits per heavy atom. The van der Waals surface area contributed by atoms with Gasteiger partial charge in [0.2, 0.25) is 17.7 Å². The molecule has 1 aliphatic heterocycles. The summed E-state index contributed by atoms with van der Waals surface area (Å²) in [5, 5.41) is 2.73. The summed E-state index contributed by atoms with van der Waals surface area (Å²) in [5.74, 6) is -1.56. The van der Waals surface area contributed by atoms with Gasteiger partial charge in [-0.25, -0.2) is 4.98 Å². The molecular weight excluding hydrogens is 288 g/mol. The van der Waals surface area contributed by atoms with E-state index in [0.717, 1.165) is 0 Å². The largest absolute Gasteiger partial charge is 0.480 e. The molecule has 1 aromatic heterocycles. The Morgan fingerprint density at radius 1 is 1.41 bits per heavy atom. The molecule has 118 valence electrons. The lowest BCUT2D eigenvalue weighted by Gasteiger charge is -2.17. The molecule has 2 rings (SSSR count). The molecule has 0 unspecified atom stereocenters. The Labute approximate surface area is 127 Å². The Morgan fingerprint density at radius 3 is 2.73 bits per heavy atom. The Bertz CT molecular complexity index is 604. The molecule has 1 aliphatic rings. The van der Waals surface area contributed by atoms with Crippen molar-refractivity contribution in [2.75, 3.05) is 20.2 Å². The van der Waals surface area contributed by atoms with Crippen LogP contribution in [0.5, 0.6) is 5.88 Å². The van der Waals surface area contributed by atoms with Crippen molar-refractivity contribution in [3.8, 4) is 5.88 Å². The third-order valence-electron chi connectivity index (χ3n) is 3.66. The van der Waals surface area contributed by atoms with Crippen molar-refractivity contribution in [3.05, 3.63) is 23.9 Å². The first-order chi connectivity index (χ1) is 10.4. The van der Waals surface area contributed by atoms with Gasteiger partial charge in [-0.15, -0.1) is 0 Å². The van der Waals surface area contributed by atoms with Gasteiger partial charge in [-0.05, 0) is 12.1 Å². The van der Waals surface area contributed by atoms with E-state index in [9.17, 15) is 14.4 Å². The normalized spacial score (nSPS) is 20.5. The van der Waals surface area contributed by atoms with E-state index >= 15 is 0 Å². The van der Waals surface area contributed by atoms with Crippen LogP contribution in [0, 0.1) is 5.92 Å². The first-order valence-corrected chi connectivity index (χ1v) is 6.78. The Kier molecular flexibility index (Phi) is 4.59. The van der Waals surface area contributed by atoms with Gasteiger partial charge in [0.1, 0.15) is 5.56 Å². The number of ether oxygens (including phenoxy) is 1. The molecule has 0 saturated carbocycles. The second kappa shape index (κ2) is 6.42. The fourth-order valence-electron chi connectivity index (χ4n) is 2.47. The predicted octanol–water partition coefficient (Wildman–Crippen LogP) is -0.848. The number of nitrogens with two attached hydrogens (primary N) is 1. The van der Waals surface area contributed by atoms with Gasteiger partial charge in [0.15, 0.2) is 0 Å². The first-order valence-electron chi connectivity index (χ1n) is 6.78. The summed E-state index contributed by atoms with van der Waals surface area (Å²) in [5.41, 5.74) is 5.61. The summed E-state index contributed by atoms with van der Waals surface area (Å²) in [4.78, 5) is 40.7. The number of hydrogen-bond donors (Lipinski definition) is 2. The van der Waals surface area contributed by atoms with E-state index in [1.807, 2.05) is 0 Å². The highest BCUT2D eigenvalue weighted by Crippen LogP contribution is 2.19. The minimum atomic E-state index is -0.615. The van der Waals surface area contributed by atoms with Crippen molar-refractivity contribution in [2.45, 2.75) is 13.0 Å². The quantitative estimate of drug-likeness (QED) is 0.752. The van der Waals surface area contributed by atoms with Gasteiger partial charge >= 0.3 is 0 Å². The summed E-state index contributed by atoms with van der Waals surface area (Å²) < 4.78 is 5.04. The van der Waals surface area contributed by atoms with Gasteiger partial charge in [0.25, 0.3) is 5.91 Å². The SMILES string of the molecule is COc1ncccc1C(=O)N[C@H]1CN(C(C)=O)C[C@H]1C(N)=O. The summed E-state index contributed by atoms with van der Waals surface area (Å²) in [6, 6.07) is 2.65. The van der Waals surface area contributed by atoms with Gasteiger partial charge < -0.3 is 20.7 Å². The molecule has 3 N–H and O–H groups in total. The van der Waals surface area contributed by atoms with E-state index < -0.39 is 23.8 Å². The van der Waals surface area contributed by atoms with E-state index in [0.29, 0.717) is 0 Å². The van der Waals surface area contributed by atoms with E-state index in [2.05, 4.69) is 10.3 Å². The average Bonchev–Trinajstić information content (AvgIpc) is 2.91. The lowest BCUT2D eigenvalue weighted by molar-refractivity contribution is -0.128. The van der Waals surface area contributed by atoms with Gasteiger partial charge in [0, 0.05) is 26.2 Å². The van der Waals surface area contributed by atoms with Crippen LogP contribution in [0.2, 0.25) is 0 Å². The average molecular weight is 306 g/mol. The maximum atomic E-state index is 12.3. The molecular formula is C14H18N4O4. The minimum absolute atomic E-state index is 0.165. The number of methoxy groups -OCH3 is 1. The molecule has 8 nitrogen and oxygen atoms in total. The number of pyridine rings is 1. The number of carbonyl (C=O) groups is 3. The van der Waals surface area contributed by atoms with Crippen LogP contribution in [0.15, 0.2) is 18.3 Å². The number of primary amides is 1. The molecule has 0 aromatic carbocycles. The third kappa shape index (κ3) is 3.16. The van der Waals surface area contributed by atoms with Crippen LogP contribution in [-0.2, 0) is 9.59 Å². The fourth-order valence-corrected chi connectivity index (χ4v) is 2.47. The highest BCUT2D eigenvalue weighted by molar-refractivity contribution is 5.97. The van der Waals surface area contributed by atoms with Gasteiger partial charge in [0.05, 0.1) is 19.1 Å². The number of nitrogens with one attached hydrogen (secondary N) is 1. The third-order valence-corrected chi connectivity index (χ3v) is 3.66. The number of hydrogen-bond acceptors (Lipinski definition) is 5. The van der Waals surface area contributed by atoms with E-state index in [-0.39, 0.29) is 30.4 Å². The van der Waals surface area contributed by atoms with Crippen molar-refractivity contribution in [1.29, 1.82) is 0 Å². The van der Waals surface area contributed by atoms with Crippen molar-refractivity contribution in [1.82, 2.24) is 15.2 Å². The fraction of sp³-hybridized carbons (Fsp3) is 0.429. The van der Waals surface area contributed by atoms with Crippen molar-refractivity contribution in [3.63, 3.8) is 0 Å². The first kappa shape index (κ1) is 15.7. The lowest BCUT2D eigenvalue weighted by atomic mass is 10.0. The molecule has 3 amide bonds. The molecule has 1 saturated heterocycles. The lowest BCUT2D eigenvalue weighted by Crippen LogP contribution is -2.45. The van der Waals surface area contributed by atoms with Crippen LogP contribution >= 0.6 is 0 Å².